The van der Waals surface area contributed by atoms with Crippen LogP contribution in [0.2, 0.25) is 0 Å². The van der Waals surface area contributed by atoms with Crippen LogP contribution in [0.5, 0.6) is 0 Å². The molecule has 0 fully saturated rings. The molecule has 0 spiro atoms. The van der Waals surface area contributed by atoms with Gasteiger partial charge in [0.15, 0.2) is 6.20 Å². The lowest BCUT2D eigenvalue weighted by Gasteiger charge is -1.88. The van der Waals surface area contributed by atoms with Crippen LogP contribution in [-0.4, -0.2) is 34.4 Å². The molecule has 1 aliphatic heterocycles. The summed E-state index contributed by atoms with van der Waals surface area (Å²) in [6.45, 7) is 0.617. The van der Waals surface area contributed by atoms with Crippen molar-refractivity contribution in [1.82, 2.24) is 0 Å². The largest absolute Gasteiger partial charge is 0.726 e. The zero-order valence-corrected chi connectivity index (χ0v) is 7.46. The second-order valence-corrected chi connectivity index (χ2v) is 2.98. The second-order valence-electron chi connectivity index (χ2n) is 1.66. The summed E-state index contributed by atoms with van der Waals surface area (Å²) in [5.74, 6) is 0. The SMILES string of the molecule is O=S(=O)([O-])O.S=[N+]1C=CC=NC1. The molecule has 0 atom stereocenters. The molecule has 1 aliphatic rings. The minimum Gasteiger partial charge on any atom is -0.726 e. The Hall–Kier alpha value is -0.700. The van der Waals surface area contributed by atoms with E-state index in [1.54, 1.807) is 10.2 Å². The van der Waals surface area contributed by atoms with Gasteiger partial charge in [-0.3, -0.25) is 4.55 Å². The van der Waals surface area contributed by atoms with Crippen molar-refractivity contribution in [2.24, 2.45) is 4.99 Å². The average molecular weight is 210 g/mol. The van der Waals surface area contributed by atoms with E-state index in [0.717, 1.165) is 0 Å². The summed E-state index contributed by atoms with van der Waals surface area (Å²) in [6, 6.07) is 0. The first kappa shape index (κ1) is 11.3. The highest BCUT2D eigenvalue weighted by molar-refractivity contribution is 7.79. The fraction of sp³-hybridized carbons (Fsp3) is 0.250. The average Bonchev–Trinajstić information content (AvgIpc) is 1.85. The van der Waals surface area contributed by atoms with Gasteiger partial charge in [0.25, 0.3) is 19.1 Å². The molecule has 6 nitrogen and oxygen atoms in total. The predicted octanol–water partition coefficient (Wildman–Crippen LogP) is -0.710. The minimum absolute atomic E-state index is 0.617. The lowest BCUT2D eigenvalue weighted by molar-refractivity contribution is -0.423. The van der Waals surface area contributed by atoms with Crippen LogP contribution in [0.25, 0.3) is 0 Å². The van der Waals surface area contributed by atoms with E-state index < -0.39 is 10.4 Å². The third-order valence-corrected chi connectivity index (χ3v) is 0.902. The van der Waals surface area contributed by atoms with Crippen LogP contribution < -0.4 is 0 Å². The van der Waals surface area contributed by atoms with Crippen LogP contribution in [0.1, 0.15) is 0 Å². The monoisotopic (exact) mass is 210 g/mol. The smallest absolute Gasteiger partial charge is 0.271 e. The maximum Gasteiger partial charge on any atom is 0.271 e. The summed E-state index contributed by atoms with van der Waals surface area (Å²) >= 11 is 4.72. The van der Waals surface area contributed by atoms with Gasteiger partial charge in [-0.15, -0.1) is 3.95 Å². The van der Waals surface area contributed by atoms with E-state index in [0.29, 0.717) is 6.67 Å². The fourth-order valence-electron chi connectivity index (χ4n) is 0.370. The molecule has 0 bridgehead atoms. The van der Waals surface area contributed by atoms with Crippen LogP contribution in [0.3, 0.4) is 0 Å². The third-order valence-electron chi connectivity index (χ3n) is 0.665. The number of allylic oxidation sites excluding steroid dienone is 1. The van der Waals surface area contributed by atoms with Crippen molar-refractivity contribution >= 4 is 29.0 Å². The van der Waals surface area contributed by atoms with Crippen molar-refractivity contribution in [2.75, 3.05) is 6.67 Å². The van der Waals surface area contributed by atoms with Gasteiger partial charge in [-0.25, -0.2) is 13.4 Å². The molecule has 0 aromatic heterocycles. The van der Waals surface area contributed by atoms with E-state index in [1.165, 1.54) is 0 Å². The Kier molecular flexibility index (Phi) is 4.74. The number of nitrogens with zero attached hydrogens (tertiary/aromatic N) is 2. The van der Waals surface area contributed by atoms with Crippen LogP contribution in [0, 0.1) is 0 Å². The van der Waals surface area contributed by atoms with Crippen LogP contribution in [0.15, 0.2) is 17.3 Å². The normalized spacial score (nSPS) is 15.3. The van der Waals surface area contributed by atoms with Gasteiger partial charge in [-0.1, -0.05) is 0 Å². The molecule has 68 valence electrons. The molecule has 12 heavy (non-hydrogen) atoms. The minimum atomic E-state index is -4.92. The van der Waals surface area contributed by atoms with Crippen molar-refractivity contribution in [3.05, 3.63) is 12.3 Å². The quantitative estimate of drug-likeness (QED) is 0.324. The zero-order chi connectivity index (χ0) is 9.61. The highest BCUT2D eigenvalue weighted by Crippen LogP contribution is 1.82. The number of hydrogen-bond acceptors (Lipinski definition) is 5. The Balaban J connectivity index is 0.000000217. The van der Waals surface area contributed by atoms with Gasteiger partial charge in [-0.2, -0.15) is 0 Å². The van der Waals surface area contributed by atoms with Gasteiger partial charge in [0.2, 0.25) is 10.4 Å². The highest BCUT2D eigenvalue weighted by Gasteiger charge is 1.95. The van der Waals surface area contributed by atoms with Crippen LogP contribution in [-0.2, 0) is 22.8 Å². The van der Waals surface area contributed by atoms with Crippen LogP contribution >= 0.6 is 0 Å². The summed E-state index contributed by atoms with van der Waals surface area (Å²) in [4.78, 5) is 3.87. The first-order valence-corrected chi connectivity index (χ1v) is 4.41. The molecule has 0 aromatic carbocycles. The van der Waals surface area contributed by atoms with Crippen molar-refractivity contribution in [3.63, 3.8) is 0 Å². The fourth-order valence-corrected chi connectivity index (χ4v) is 0.507. The maximum atomic E-state index is 8.63. The Morgan fingerprint density at radius 3 is 2.33 bits per heavy atom. The van der Waals surface area contributed by atoms with Gasteiger partial charge in [-0.05, 0) is 0 Å². The van der Waals surface area contributed by atoms with E-state index in [4.69, 9.17) is 29.9 Å². The lowest BCUT2D eigenvalue weighted by Crippen LogP contribution is -2.02. The summed E-state index contributed by atoms with van der Waals surface area (Å²) in [5.41, 5.74) is 0. The summed E-state index contributed by atoms with van der Waals surface area (Å²) in [7, 11) is -4.92. The van der Waals surface area contributed by atoms with E-state index in [1.807, 2.05) is 12.3 Å². The molecule has 0 radical (unpaired) electrons. The third kappa shape index (κ3) is 12.0. The summed E-state index contributed by atoms with van der Waals surface area (Å²) in [5, 5.41) is 0. The van der Waals surface area contributed by atoms with Gasteiger partial charge >= 0.3 is 0 Å². The number of hydrogen-bond donors (Lipinski definition) is 1. The van der Waals surface area contributed by atoms with E-state index >= 15 is 0 Å². The topological polar surface area (TPSA) is 92.8 Å². The van der Waals surface area contributed by atoms with Gasteiger partial charge < -0.3 is 4.55 Å². The first-order chi connectivity index (χ1) is 5.39. The van der Waals surface area contributed by atoms with Gasteiger partial charge in [0.1, 0.15) is 0 Å². The van der Waals surface area contributed by atoms with E-state index in [-0.39, 0.29) is 0 Å². The number of rotatable bonds is 0. The molecule has 0 amide bonds. The Morgan fingerprint density at radius 1 is 1.67 bits per heavy atom. The van der Waals surface area contributed by atoms with Crippen molar-refractivity contribution in [2.45, 2.75) is 0 Å². The van der Waals surface area contributed by atoms with Crippen LogP contribution in [0.4, 0.5) is 0 Å². The maximum absolute atomic E-state index is 8.63. The predicted molar refractivity (Wildman–Crippen MR) is 42.5 cm³/mol. The molecule has 0 aliphatic carbocycles. The Bertz CT molecular complexity index is 297. The molecule has 0 saturated heterocycles. The molecule has 0 saturated carbocycles. The zero-order valence-electron chi connectivity index (χ0n) is 5.82. The van der Waals surface area contributed by atoms with Crippen molar-refractivity contribution in [3.8, 4) is 0 Å². The molecule has 1 N–H and O–H groups in total. The van der Waals surface area contributed by atoms with Crippen molar-refractivity contribution < 1.29 is 21.5 Å². The second kappa shape index (κ2) is 5.04. The molecule has 1 heterocycles. The Morgan fingerprint density at radius 2 is 2.17 bits per heavy atom. The first-order valence-electron chi connectivity index (χ1n) is 2.68. The number of aliphatic imine (C=N–C) groups is 1. The summed E-state index contributed by atoms with van der Waals surface area (Å²) < 4.78 is 34.4. The van der Waals surface area contributed by atoms with Gasteiger partial charge in [0.05, 0.1) is 0 Å². The lowest BCUT2D eigenvalue weighted by atomic mass is 10.6. The molecule has 1 rings (SSSR count). The standard InChI is InChI=1S/C4H5N2S.H2O4S/c7-6-3-1-2-5-4-6;1-5(2,3)4/h1-3H,4H2;(H2,1,2,3,4)/q+1;/p-1. The van der Waals surface area contributed by atoms with Crippen molar-refractivity contribution in [1.29, 1.82) is 0 Å². The highest BCUT2D eigenvalue weighted by atomic mass is 32.3. The van der Waals surface area contributed by atoms with E-state index in [2.05, 4.69) is 4.99 Å². The van der Waals surface area contributed by atoms with Gasteiger partial charge in [0, 0.05) is 12.3 Å². The summed E-state index contributed by atoms with van der Waals surface area (Å²) in [6.07, 6.45) is 5.36. The van der Waals surface area contributed by atoms with E-state index in [9.17, 15) is 0 Å². The Labute approximate surface area is 75.0 Å². The molecule has 0 aromatic rings. The molecule has 8 heteroatoms. The molecular weight excluding hydrogens is 204 g/mol. The molecule has 0 unspecified atom stereocenters. The molecular formula is C4H6N2O4S2.